The van der Waals surface area contributed by atoms with Crippen molar-refractivity contribution in [1.29, 1.82) is 0 Å². The van der Waals surface area contributed by atoms with Gasteiger partial charge in [0.25, 0.3) is 0 Å². The first-order valence-electron chi connectivity index (χ1n) is 7.10. The summed E-state index contributed by atoms with van der Waals surface area (Å²) in [6, 6.07) is 0.350. The molecule has 2 N–H and O–H groups in total. The Morgan fingerprint density at radius 1 is 1.50 bits per heavy atom. The first kappa shape index (κ1) is 14.0. The van der Waals surface area contributed by atoms with Crippen LogP contribution in [0.1, 0.15) is 43.8 Å². The molecular formula is C14H25N3S. The second-order valence-electron chi connectivity index (χ2n) is 5.46. The van der Waals surface area contributed by atoms with Gasteiger partial charge in [-0.25, -0.2) is 4.98 Å². The lowest BCUT2D eigenvalue weighted by molar-refractivity contribution is 0.164. The maximum Gasteiger partial charge on any atom is 0.0928 e. The Morgan fingerprint density at radius 3 is 2.83 bits per heavy atom. The molecular weight excluding hydrogens is 242 g/mol. The highest BCUT2D eigenvalue weighted by Gasteiger charge is 2.22. The lowest BCUT2D eigenvalue weighted by Gasteiger charge is -2.33. The fraction of sp³-hybridized carbons (Fsp3) is 0.786. The van der Waals surface area contributed by atoms with E-state index in [0.717, 1.165) is 13.0 Å². The summed E-state index contributed by atoms with van der Waals surface area (Å²) in [5.74, 6) is 0.715. The maximum atomic E-state index is 5.97. The highest BCUT2D eigenvalue weighted by molar-refractivity contribution is 7.09. The molecule has 0 spiro atoms. The number of piperidine rings is 1. The molecule has 18 heavy (non-hydrogen) atoms. The molecule has 1 fully saturated rings. The molecule has 102 valence electrons. The van der Waals surface area contributed by atoms with E-state index in [2.05, 4.69) is 24.1 Å². The molecule has 0 radical (unpaired) electrons. The van der Waals surface area contributed by atoms with E-state index in [0.29, 0.717) is 12.0 Å². The number of nitrogens with two attached hydrogens (primary N) is 1. The van der Waals surface area contributed by atoms with Crippen LogP contribution >= 0.6 is 11.3 Å². The van der Waals surface area contributed by atoms with Gasteiger partial charge in [-0.2, -0.15) is 0 Å². The van der Waals surface area contributed by atoms with Gasteiger partial charge in [0.05, 0.1) is 10.7 Å². The smallest absolute Gasteiger partial charge is 0.0928 e. The molecule has 2 rings (SSSR count). The molecule has 3 nitrogen and oxygen atoms in total. The van der Waals surface area contributed by atoms with Crippen molar-refractivity contribution < 1.29 is 0 Å². The molecule has 1 unspecified atom stereocenters. The third kappa shape index (κ3) is 3.77. The first-order chi connectivity index (χ1) is 8.69. The van der Waals surface area contributed by atoms with Crippen LogP contribution in [0.15, 0.2) is 5.38 Å². The molecule has 0 saturated carbocycles. The maximum absolute atomic E-state index is 5.97. The highest BCUT2D eigenvalue weighted by atomic mass is 32.1. The summed E-state index contributed by atoms with van der Waals surface area (Å²) in [5.41, 5.74) is 7.23. The van der Waals surface area contributed by atoms with E-state index in [4.69, 9.17) is 10.7 Å². The Bertz CT molecular complexity index is 354. The van der Waals surface area contributed by atoms with Crippen molar-refractivity contribution in [3.05, 3.63) is 16.1 Å². The van der Waals surface area contributed by atoms with Crippen molar-refractivity contribution >= 4 is 11.3 Å². The lowest BCUT2D eigenvalue weighted by atomic mass is 9.91. The van der Waals surface area contributed by atoms with E-state index >= 15 is 0 Å². The molecule has 1 atom stereocenters. The van der Waals surface area contributed by atoms with Crippen LogP contribution in [0.4, 0.5) is 0 Å². The number of hydrogen-bond acceptors (Lipinski definition) is 4. The van der Waals surface area contributed by atoms with Crippen molar-refractivity contribution in [2.75, 3.05) is 13.1 Å². The van der Waals surface area contributed by atoms with E-state index in [1.165, 1.54) is 43.1 Å². The van der Waals surface area contributed by atoms with Crippen LogP contribution in [0.5, 0.6) is 0 Å². The number of rotatable bonds is 5. The second-order valence-corrected chi connectivity index (χ2v) is 6.40. The SMILES string of the molecule is CCCc1nc(CN2CCC(C(C)N)CC2)cs1. The molecule has 1 aromatic rings. The molecule has 0 aliphatic carbocycles. The average Bonchev–Trinajstić information content (AvgIpc) is 2.78. The Kier molecular flexibility index (Phi) is 5.15. The van der Waals surface area contributed by atoms with Crippen molar-refractivity contribution in [3.8, 4) is 0 Å². The third-order valence-corrected chi connectivity index (χ3v) is 4.78. The number of likely N-dealkylation sites (tertiary alicyclic amines) is 1. The van der Waals surface area contributed by atoms with Gasteiger partial charge in [-0.3, -0.25) is 4.90 Å². The molecule has 1 aliphatic heterocycles. The zero-order chi connectivity index (χ0) is 13.0. The summed E-state index contributed by atoms with van der Waals surface area (Å²) in [5, 5.41) is 3.51. The Morgan fingerprint density at radius 2 is 2.22 bits per heavy atom. The minimum atomic E-state index is 0.350. The van der Waals surface area contributed by atoms with Crippen LogP contribution in [0.25, 0.3) is 0 Å². The topological polar surface area (TPSA) is 42.2 Å². The normalized spacial score (nSPS) is 20.2. The summed E-state index contributed by atoms with van der Waals surface area (Å²) >= 11 is 1.81. The fourth-order valence-corrected chi connectivity index (χ4v) is 3.51. The van der Waals surface area contributed by atoms with Gasteiger partial charge in [0, 0.05) is 18.0 Å². The predicted molar refractivity (Wildman–Crippen MR) is 77.8 cm³/mol. The van der Waals surface area contributed by atoms with E-state index in [-0.39, 0.29) is 0 Å². The molecule has 1 aromatic heterocycles. The molecule has 1 aliphatic rings. The highest BCUT2D eigenvalue weighted by Crippen LogP contribution is 2.21. The van der Waals surface area contributed by atoms with Crippen LogP contribution in [-0.4, -0.2) is 29.0 Å². The van der Waals surface area contributed by atoms with Gasteiger partial charge in [-0.1, -0.05) is 6.92 Å². The van der Waals surface area contributed by atoms with E-state index < -0.39 is 0 Å². The first-order valence-corrected chi connectivity index (χ1v) is 7.98. The van der Waals surface area contributed by atoms with Gasteiger partial charge in [-0.05, 0) is 51.6 Å². The predicted octanol–water partition coefficient (Wildman–Crippen LogP) is 2.65. The molecule has 0 bridgehead atoms. The van der Waals surface area contributed by atoms with Crippen molar-refractivity contribution in [2.24, 2.45) is 11.7 Å². The van der Waals surface area contributed by atoms with Gasteiger partial charge in [0.1, 0.15) is 0 Å². The molecule has 4 heteroatoms. The summed E-state index contributed by atoms with van der Waals surface area (Å²) in [6.45, 7) is 7.71. The van der Waals surface area contributed by atoms with Gasteiger partial charge in [0.15, 0.2) is 0 Å². The number of thiazole rings is 1. The van der Waals surface area contributed by atoms with Crippen LogP contribution in [-0.2, 0) is 13.0 Å². The fourth-order valence-electron chi connectivity index (χ4n) is 2.62. The molecule has 0 aromatic carbocycles. The Balaban J connectivity index is 1.80. The van der Waals surface area contributed by atoms with Crippen molar-refractivity contribution in [1.82, 2.24) is 9.88 Å². The largest absolute Gasteiger partial charge is 0.328 e. The summed E-state index contributed by atoms with van der Waals surface area (Å²) < 4.78 is 0. The summed E-state index contributed by atoms with van der Waals surface area (Å²) in [4.78, 5) is 7.22. The third-order valence-electron chi connectivity index (χ3n) is 3.82. The summed E-state index contributed by atoms with van der Waals surface area (Å²) in [6.07, 6.45) is 4.79. The monoisotopic (exact) mass is 267 g/mol. The summed E-state index contributed by atoms with van der Waals surface area (Å²) in [7, 11) is 0. The average molecular weight is 267 g/mol. The zero-order valence-electron chi connectivity index (χ0n) is 11.6. The van der Waals surface area contributed by atoms with Crippen LogP contribution in [0.3, 0.4) is 0 Å². The van der Waals surface area contributed by atoms with E-state index in [9.17, 15) is 0 Å². The van der Waals surface area contributed by atoms with Crippen LogP contribution < -0.4 is 5.73 Å². The second kappa shape index (κ2) is 6.64. The van der Waals surface area contributed by atoms with E-state index in [1.807, 2.05) is 11.3 Å². The lowest BCUT2D eigenvalue weighted by Crippen LogP contribution is -2.39. The van der Waals surface area contributed by atoms with Gasteiger partial charge < -0.3 is 5.73 Å². The minimum absolute atomic E-state index is 0.350. The number of hydrogen-bond donors (Lipinski definition) is 1. The number of nitrogens with zero attached hydrogens (tertiary/aromatic N) is 2. The Labute approximate surface area is 114 Å². The van der Waals surface area contributed by atoms with Crippen LogP contribution in [0.2, 0.25) is 0 Å². The van der Waals surface area contributed by atoms with Gasteiger partial charge >= 0.3 is 0 Å². The minimum Gasteiger partial charge on any atom is -0.328 e. The number of aryl methyl sites for hydroxylation is 1. The molecule has 0 amide bonds. The standard InChI is InChI=1S/C14H25N3S/c1-3-4-14-16-13(10-18-14)9-17-7-5-12(6-8-17)11(2)15/h10-12H,3-9,15H2,1-2H3. The van der Waals surface area contributed by atoms with E-state index in [1.54, 1.807) is 0 Å². The van der Waals surface area contributed by atoms with Crippen LogP contribution in [0, 0.1) is 5.92 Å². The van der Waals surface area contributed by atoms with Gasteiger partial charge in [-0.15, -0.1) is 11.3 Å². The Hall–Kier alpha value is -0.450. The van der Waals surface area contributed by atoms with Crippen molar-refractivity contribution in [2.45, 2.75) is 52.1 Å². The van der Waals surface area contributed by atoms with Crippen molar-refractivity contribution in [3.63, 3.8) is 0 Å². The quantitative estimate of drug-likeness (QED) is 0.892. The van der Waals surface area contributed by atoms with Gasteiger partial charge in [0.2, 0.25) is 0 Å². The molecule has 1 saturated heterocycles. The number of aromatic nitrogens is 1. The molecule has 2 heterocycles. The zero-order valence-corrected chi connectivity index (χ0v) is 12.4.